The van der Waals surface area contributed by atoms with Crippen LogP contribution in [0.2, 0.25) is 0 Å². The zero-order valence-corrected chi connectivity index (χ0v) is 14.1. The van der Waals surface area contributed by atoms with Crippen LogP contribution in [0.3, 0.4) is 0 Å². The monoisotopic (exact) mass is 304 g/mol. The summed E-state index contributed by atoms with van der Waals surface area (Å²) in [4.78, 5) is 14.8. The van der Waals surface area contributed by atoms with Crippen LogP contribution in [0.4, 0.5) is 5.69 Å². The Bertz CT molecular complexity index is 520. The number of rotatable bonds is 4. The van der Waals surface area contributed by atoms with E-state index in [1.165, 1.54) is 5.56 Å². The average molecular weight is 304 g/mol. The number of hydrogen-bond donors (Lipinski definition) is 2. The van der Waals surface area contributed by atoms with Crippen molar-refractivity contribution in [3.05, 3.63) is 29.3 Å². The minimum atomic E-state index is -0.213. The van der Waals surface area contributed by atoms with E-state index in [1.807, 2.05) is 26.0 Å². The molecule has 1 aliphatic rings. The molecule has 1 atom stereocenters. The Hall–Kier alpha value is -1.39. The molecule has 0 spiro atoms. The molecule has 1 fully saturated rings. The molecular weight excluding hydrogens is 276 g/mol. The third-order valence-corrected chi connectivity index (χ3v) is 4.60. The van der Waals surface area contributed by atoms with Crippen LogP contribution in [0.1, 0.15) is 50.7 Å². The van der Waals surface area contributed by atoms with Crippen LogP contribution >= 0.6 is 0 Å². The molecule has 1 aromatic rings. The Morgan fingerprint density at radius 2 is 1.91 bits per heavy atom. The Morgan fingerprint density at radius 1 is 1.27 bits per heavy atom. The molecule has 0 saturated carbocycles. The number of benzene rings is 1. The zero-order valence-electron chi connectivity index (χ0n) is 14.1. The molecule has 1 aromatic carbocycles. The molecule has 1 amide bonds. The van der Waals surface area contributed by atoms with Gasteiger partial charge in [0.25, 0.3) is 0 Å². The van der Waals surface area contributed by atoms with Crippen LogP contribution in [0.25, 0.3) is 0 Å². The molecule has 0 radical (unpaired) electrons. The maximum atomic E-state index is 12.6. The van der Waals surface area contributed by atoms with E-state index < -0.39 is 0 Å². The van der Waals surface area contributed by atoms with E-state index in [1.54, 1.807) is 0 Å². The summed E-state index contributed by atoms with van der Waals surface area (Å²) in [7, 11) is 0. The largest absolute Gasteiger partial charge is 0.393 e. The molecule has 0 aromatic heterocycles. The molecule has 1 heterocycles. The number of likely N-dealkylation sites (tertiary alicyclic amines) is 1. The maximum Gasteiger partial charge on any atom is 0.241 e. The summed E-state index contributed by atoms with van der Waals surface area (Å²) >= 11 is 0. The van der Waals surface area contributed by atoms with E-state index in [2.05, 4.69) is 30.1 Å². The van der Waals surface area contributed by atoms with Gasteiger partial charge >= 0.3 is 0 Å². The molecule has 0 aliphatic carbocycles. The van der Waals surface area contributed by atoms with Gasteiger partial charge in [0.1, 0.15) is 0 Å². The van der Waals surface area contributed by atoms with Gasteiger partial charge in [-0.25, -0.2) is 0 Å². The van der Waals surface area contributed by atoms with Gasteiger partial charge in [-0.15, -0.1) is 0 Å². The van der Waals surface area contributed by atoms with Crippen molar-refractivity contribution in [1.29, 1.82) is 0 Å². The molecular formula is C18H28N2O2. The van der Waals surface area contributed by atoms with Gasteiger partial charge in [0, 0.05) is 18.8 Å². The summed E-state index contributed by atoms with van der Waals surface area (Å²) in [5.41, 5.74) is 3.22. The smallest absolute Gasteiger partial charge is 0.241 e. The number of aryl methyl sites for hydroxylation is 1. The molecule has 122 valence electrons. The van der Waals surface area contributed by atoms with Crippen molar-refractivity contribution in [2.45, 2.75) is 58.6 Å². The number of carbonyl (C=O) groups excluding carboxylic acids is 1. The highest BCUT2D eigenvalue weighted by molar-refractivity contribution is 5.96. The second kappa shape index (κ2) is 7.25. The quantitative estimate of drug-likeness (QED) is 0.899. The third-order valence-electron chi connectivity index (χ3n) is 4.60. The number of aliphatic hydroxyl groups excluding tert-OH is 1. The number of hydrogen-bond acceptors (Lipinski definition) is 3. The van der Waals surface area contributed by atoms with Crippen LogP contribution in [0.15, 0.2) is 18.2 Å². The fourth-order valence-electron chi connectivity index (χ4n) is 3.01. The van der Waals surface area contributed by atoms with Crippen LogP contribution in [-0.4, -0.2) is 41.1 Å². The minimum Gasteiger partial charge on any atom is -0.393 e. The van der Waals surface area contributed by atoms with E-state index in [-0.39, 0.29) is 18.1 Å². The predicted octanol–water partition coefficient (Wildman–Crippen LogP) is 2.90. The fourth-order valence-corrected chi connectivity index (χ4v) is 3.01. The molecule has 2 N–H and O–H groups in total. The second-order valence-electron chi connectivity index (χ2n) is 6.63. The number of aliphatic hydroxyl groups is 1. The van der Waals surface area contributed by atoms with E-state index in [0.717, 1.165) is 37.2 Å². The summed E-state index contributed by atoms with van der Waals surface area (Å²) in [6.45, 7) is 9.81. The van der Waals surface area contributed by atoms with E-state index in [0.29, 0.717) is 5.92 Å². The number of anilines is 1. The normalized spacial score (nSPS) is 18.5. The zero-order chi connectivity index (χ0) is 16.3. The van der Waals surface area contributed by atoms with E-state index in [4.69, 9.17) is 0 Å². The molecule has 22 heavy (non-hydrogen) atoms. The number of carbonyl (C=O) groups is 1. The highest BCUT2D eigenvalue weighted by Gasteiger charge is 2.26. The summed E-state index contributed by atoms with van der Waals surface area (Å²) < 4.78 is 0. The summed E-state index contributed by atoms with van der Waals surface area (Å²) in [5, 5.41) is 12.7. The number of nitrogens with zero attached hydrogens (tertiary/aromatic N) is 1. The van der Waals surface area contributed by atoms with Gasteiger partial charge < -0.3 is 10.4 Å². The van der Waals surface area contributed by atoms with E-state index in [9.17, 15) is 9.90 Å². The van der Waals surface area contributed by atoms with Gasteiger partial charge in [0.15, 0.2) is 0 Å². The van der Waals surface area contributed by atoms with Crippen LogP contribution < -0.4 is 5.32 Å². The van der Waals surface area contributed by atoms with E-state index >= 15 is 0 Å². The highest BCUT2D eigenvalue weighted by atomic mass is 16.3. The lowest BCUT2D eigenvalue weighted by molar-refractivity contribution is -0.121. The third kappa shape index (κ3) is 3.87. The van der Waals surface area contributed by atoms with Crippen LogP contribution in [0.5, 0.6) is 0 Å². The first-order valence-corrected chi connectivity index (χ1v) is 8.22. The highest BCUT2D eigenvalue weighted by Crippen LogP contribution is 2.27. The Labute approximate surface area is 133 Å². The van der Waals surface area contributed by atoms with Crippen LogP contribution in [-0.2, 0) is 4.79 Å². The first-order valence-electron chi connectivity index (χ1n) is 8.22. The van der Waals surface area contributed by atoms with Gasteiger partial charge in [-0.05, 0) is 43.7 Å². The molecule has 0 bridgehead atoms. The second-order valence-corrected chi connectivity index (χ2v) is 6.63. The summed E-state index contributed by atoms with van der Waals surface area (Å²) in [5.74, 6) is 0.406. The van der Waals surface area contributed by atoms with Crippen molar-refractivity contribution in [3.63, 3.8) is 0 Å². The summed E-state index contributed by atoms with van der Waals surface area (Å²) in [6, 6.07) is 5.97. The number of para-hydroxylation sites is 1. The Kier molecular flexibility index (Phi) is 5.59. The first-order chi connectivity index (χ1) is 10.4. The lowest BCUT2D eigenvalue weighted by atomic mass is 9.98. The molecule has 1 unspecified atom stereocenters. The topological polar surface area (TPSA) is 52.6 Å². The number of nitrogens with one attached hydrogen (secondary N) is 1. The van der Waals surface area contributed by atoms with Crippen molar-refractivity contribution in [1.82, 2.24) is 4.90 Å². The fraction of sp³-hybridized carbons (Fsp3) is 0.611. The first kappa shape index (κ1) is 17.0. The Balaban J connectivity index is 2.09. The molecule has 2 rings (SSSR count). The Morgan fingerprint density at radius 3 is 2.50 bits per heavy atom. The van der Waals surface area contributed by atoms with Crippen LogP contribution in [0, 0.1) is 6.92 Å². The maximum absolute atomic E-state index is 12.6. The van der Waals surface area contributed by atoms with Gasteiger partial charge in [-0.1, -0.05) is 32.0 Å². The molecule has 1 saturated heterocycles. The molecule has 4 nitrogen and oxygen atoms in total. The van der Waals surface area contributed by atoms with Gasteiger partial charge in [0.2, 0.25) is 5.91 Å². The van der Waals surface area contributed by atoms with Crippen molar-refractivity contribution >= 4 is 11.6 Å². The van der Waals surface area contributed by atoms with Gasteiger partial charge in [-0.3, -0.25) is 9.69 Å². The molecule has 1 aliphatic heterocycles. The van der Waals surface area contributed by atoms with Crippen molar-refractivity contribution < 1.29 is 9.90 Å². The standard InChI is InChI=1S/C18H28N2O2/c1-12(2)16-7-5-6-13(3)17(16)19-18(22)14(4)20-10-8-15(21)9-11-20/h5-7,12,14-15,21H,8-11H2,1-4H3,(H,19,22). The lowest BCUT2D eigenvalue weighted by Gasteiger charge is -2.33. The average Bonchev–Trinajstić information content (AvgIpc) is 2.49. The lowest BCUT2D eigenvalue weighted by Crippen LogP contribution is -2.47. The van der Waals surface area contributed by atoms with Crippen molar-refractivity contribution in [3.8, 4) is 0 Å². The van der Waals surface area contributed by atoms with Gasteiger partial charge in [-0.2, -0.15) is 0 Å². The number of amides is 1. The minimum absolute atomic E-state index is 0.0348. The van der Waals surface area contributed by atoms with Crippen molar-refractivity contribution in [2.75, 3.05) is 18.4 Å². The predicted molar refractivity (Wildman–Crippen MR) is 90.2 cm³/mol. The van der Waals surface area contributed by atoms with Gasteiger partial charge in [0.05, 0.1) is 12.1 Å². The van der Waals surface area contributed by atoms with Crippen molar-refractivity contribution in [2.24, 2.45) is 0 Å². The SMILES string of the molecule is Cc1cccc(C(C)C)c1NC(=O)C(C)N1CCC(O)CC1. The summed E-state index contributed by atoms with van der Waals surface area (Å²) in [6.07, 6.45) is 1.29. The number of piperidine rings is 1. The molecule has 4 heteroatoms.